The molecule has 1 saturated carbocycles. The number of nitrogens with one attached hydrogen (secondary N) is 1. The van der Waals surface area contributed by atoms with E-state index in [9.17, 15) is 0 Å². The molecule has 1 aliphatic heterocycles. The molecule has 2 aliphatic rings. The second-order valence-electron chi connectivity index (χ2n) is 5.82. The van der Waals surface area contributed by atoms with Gasteiger partial charge in [-0.25, -0.2) is 9.97 Å². The fourth-order valence-electron chi connectivity index (χ4n) is 2.69. The molecule has 0 radical (unpaired) electrons. The molecule has 2 heterocycles. The Morgan fingerprint density at radius 1 is 1.39 bits per heavy atom. The summed E-state index contributed by atoms with van der Waals surface area (Å²) in [4.78, 5) is 8.72. The molecule has 98 valence electrons. The standard InChI is InChI=1S/C14H21N3O/c1-10(2)14(4-5-14)8-15-13-11-7-18-6-3-12(11)16-9-17-13/h9-10H,3-8H2,1-2H3,(H,15,16,17). The first-order valence-corrected chi connectivity index (χ1v) is 6.86. The second kappa shape index (κ2) is 4.50. The largest absolute Gasteiger partial charge is 0.376 e. The number of nitrogens with zero attached hydrogens (tertiary/aromatic N) is 2. The predicted octanol–water partition coefficient (Wildman–Crippen LogP) is 2.40. The molecule has 4 heteroatoms. The summed E-state index contributed by atoms with van der Waals surface area (Å²) in [6.07, 6.45) is 5.24. The Labute approximate surface area is 108 Å². The van der Waals surface area contributed by atoms with Gasteiger partial charge in [-0.1, -0.05) is 13.8 Å². The number of aromatic nitrogens is 2. The van der Waals surface area contributed by atoms with E-state index in [0.717, 1.165) is 42.6 Å². The summed E-state index contributed by atoms with van der Waals surface area (Å²) in [6.45, 7) is 7.07. The van der Waals surface area contributed by atoms with Crippen molar-refractivity contribution >= 4 is 5.82 Å². The SMILES string of the molecule is CC(C)C1(CNc2ncnc3c2COCC3)CC1. The van der Waals surface area contributed by atoms with Crippen LogP contribution in [-0.2, 0) is 17.8 Å². The van der Waals surface area contributed by atoms with Gasteiger partial charge in [-0.15, -0.1) is 0 Å². The maximum atomic E-state index is 5.51. The first kappa shape index (κ1) is 11.9. The molecule has 0 amide bonds. The quantitative estimate of drug-likeness (QED) is 0.887. The van der Waals surface area contributed by atoms with Crippen LogP contribution in [0, 0.1) is 11.3 Å². The molecule has 1 aromatic rings. The molecule has 0 unspecified atom stereocenters. The Balaban J connectivity index is 1.73. The summed E-state index contributed by atoms with van der Waals surface area (Å²) in [7, 11) is 0. The Bertz CT molecular complexity index is 441. The second-order valence-corrected chi connectivity index (χ2v) is 5.82. The smallest absolute Gasteiger partial charge is 0.135 e. The van der Waals surface area contributed by atoms with Crippen molar-refractivity contribution in [1.82, 2.24) is 9.97 Å². The highest BCUT2D eigenvalue weighted by Crippen LogP contribution is 2.51. The van der Waals surface area contributed by atoms with Crippen LogP contribution in [0.4, 0.5) is 5.82 Å². The van der Waals surface area contributed by atoms with E-state index in [2.05, 4.69) is 29.1 Å². The molecule has 0 atom stereocenters. The van der Waals surface area contributed by atoms with Gasteiger partial charge in [0.05, 0.1) is 18.9 Å². The summed E-state index contributed by atoms with van der Waals surface area (Å²) < 4.78 is 5.51. The Morgan fingerprint density at radius 2 is 2.22 bits per heavy atom. The molecule has 18 heavy (non-hydrogen) atoms. The first-order valence-electron chi connectivity index (χ1n) is 6.86. The van der Waals surface area contributed by atoms with Crippen molar-refractivity contribution in [3.05, 3.63) is 17.6 Å². The van der Waals surface area contributed by atoms with E-state index in [1.807, 2.05) is 0 Å². The molecular weight excluding hydrogens is 226 g/mol. The highest BCUT2D eigenvalue weighted by Gasteiger charge is 2.45. The fraction of sp³-hybridized carbons (Fsp3) is 0.714. The van der Waals surface area contributed by atoms with Crippen molar-refractivity contribution in [2.24, 2.45) is 11.3 Å². The first-order chi connectivity index (χ1) is 8.71. The topological polar surface area (TPSA) is 47.0 Å². The summed E-state index contributed by atoms with van der Waals surface area (Å²) in [5.41, 5.74) is 2.80. The van der Waals surface area contributed by atoms with Gasteiger partial charge in [0.25, 0.3) is 0 Å². The molecule has 0 saturated heterocycles. The predicted molar refractivity (Wildman–Crippen MR) is 70.4 cm³/mol. The van der Waals surface area contributed by atoms with Gasteiger partial charge in [-0.3, -0.25) is 0 Å². The van der Waals surface area contributed by atoms with Crippen LogP contribution in [0.3, 0.4) is 0 Å². The lowest BCUT2D eigenvalue weighted by Crippen LogP contribution is -2.23. The van der Waals surface area contributed by atoms with Gasteiger partial charge in [0.2, 0.25) is 0 Å². The number of hydrogen-bond acceptors (Lipinski definition) is 4. The van der Waals surface area contributed by atoms with Crippen molar-refractivity contribution in [2.45, 2.75) is 39.7 Å². The van der Waals surface area contributed by atoms with Crippen molar-refractivity contribution in [2.75, 3.05) is 18.5 Å². The summed E-state index contributed by atoms with van der Waals surface area (Å²) in [5.74, 6) is 1.71. The molecule has 1 aromatic heterocycles. The zero-order valence-electron chi connectivity index (χ0n) is 11.2. The molecule has 1 fully saturated rings. The average Bonchev–Trinajstić information content (AvgIpc) is 3.17. The van der Waals surface area contributed by atoms with Crippen LogP contribution in [0.5, 0.6) is 0 Å². The van der Waals surface area contributed by atoms with E-state index in [-0.39, 0.29) is 0 Å². The molecule has 4 nitrogen and oxygen atoms in total. The van der Waals surface area contributed by atoms with Gasteiger partial charge >= 0.3 is 0 Å². The minimum atomic E-state index is 0.493. The highest BCUT2D eigenvalue weighted by atomic mass is 16.5. The van der Waals surface area contributed by atoms with E-state index in [1.54, 1.807) is 6.33 Å². The monoisotopic (exact) mass is 247 g/mol. The lowest BCUT2D eigenvalue weighted by molar-refractivity contribution is 0.109. The van der Waals surface area contributed by atoms with E-state index in [4.69, 9.17) is 4.74 Å². The number of ether oxygens (including phenoxy) is 1. The minimum Gasteiger partial charge on any atom is -0.376 e. The van der Waals surface area contributed by atoms with Crippen LogP contribution >= 0.6 is 0 Å². The van der Waals surface area contributed by atoms with E-state index in [1.165, 1.54) is 12.8 Å². The zero-order chi connectivity index (χ0) is 12.6. The number of fused-ring (bicyclic) bond motifs is 1. The Morgan fingerprint density at radius 3 is 2.94 bits per heavy atom. The third kappa shape index (κ3) is 2.09. The van der Waals surface area contributed by atoms with Gasteiger partial charge < -0.3 is 10.1 Å². The van der Waals surface area contributed by atoms with E-state index >= 15 is 0 Å². The molecule has 0 aromatic carbocycles. The summed E-state index contributed by atoms with van der Waals surface area (Å²) >= 11 is 0. The van der Waals surface area contributed by atoms with Crippen molar-refractivity contribution in [1.29, 1.82) is 0 Å². The number of rotatable bonds is 4. The van der Waals surface area contributed by atoms with Crippen LogP contribution in [0.1, 0.15) is 37.9 Å². The van der Waals surface area contributed by atoms with Gasteiger partial charge in [0.15, 0.2) is 0 Å². The average molecular weight is 247 g/mol. The van der Waals surface area contributed by atoms with Crippen LogP contribution in [-0.4, -0.2) is 23.1 Å². The maximum Gasteiger partial charge on any atom is 0.135 e. The molecular formula is C14H21N3O. The van der Waals surface area contributed by atoms with Gasteiger partial charge in [-0.2, -0.15) is 0 Å². The van der Waals surface area contributed by atoms with Crippen molar-refractivity contribution in [3.63, 3.8) is 0 Å². The third-order valence-electron chi connectivity index (χ3n) is 4.49. The van der Waals surface area contributed by atoms with Gasteiger partial charge in [0, 0.05) is 18.5 Å². The third-order valence-corrected chi connectivity index (χ3v) is 4.49. The van der Waals surface area contributed by atoms with Crippen molar-refractivity contribution < 1.29 is 4.74 Å². The molecule has 0 bridgehead atoms. The fourth-order valence-corrected chi connectivity index (χ4v) is 2.69. The van der Waals surface area contributed by atoms with Crippen LogP contribution in [0.15, 0.2) is 6.33 Å². The minimum absolute atomic E-state index is 0.493. The molecule has 3 rings (SSSR count). The lowest BCUT2D eigenvalue weighted by atomic mass is 9.92. The Hall–Kier alpha value is -1.16. The zero-order valence-corrected chi connectivity index (χ0v) is 11.2. The van der Waals surface area contributed by atoms with E-state index < -0.39 is 0 Å². The van der Waals surface area contributed by atoms with Crippen LogP contribution in [0.25, 0.3) is 0 Å². The number of anilines is 1. The Kier molecular flexibility index (Phi) is 2.98. The highest BCUT2D eigenvalue weighted by molar-refractivity contribution is 5.46. The van der Waals surface area contributed by atoms with Crippen LogP contribution in [0.2, 0.25) is 0 Å². The van der Waals surface area contributed by atoms with E-state index in [0.29, 0.717) is 12.0 Å². The normalized spacial score (nSPS) is 20.6. The van der Waals surface area contributed by atoms with Gasteiger partial charge in [-0.05, 0) is 24.2 Å². The van der Waals surface area contributed by atoms with Crippen LogP contribution < -0.4 is 5.32 Å². The molecule has 1 aliphatic carbocycles. The summed E-state index contributed by atoms with van der Waals surface area (Å²) in [5, 5.41) is 3.53. The molecule has 1 N–H and O–H groups in total. The maximum absolute atomic E-state index is 5.51. The number of hydrogen-bond donors (Lipinski definition) is 1. The summed E-state index contributed by atoms with van der Waals surface area (Å²) in [6, 6.07) is 0. The molecule has 0 spiro atoms. The van der Waals surface area contributed by atoms with Gasteiger partial charge in [0.1, 0.15) is 12.1 Å². The lowest BCUT2D eigenvalue weighted by Gasteiger charge is -2.23. The van der Waals surface area contributed by atoms with Crippen molar-refractivity contribution in [3.8, 4) is 0 Å².